The van der Waals surface area contributed by atoms with E-state index in [0.717, 1.165) is 132 Å². The fraction of sp³-hybridized carbons (Fsp3) is 0.405. The number of aromatic nitrogens is 4. The number of hydrogen-bond acceptors (Lipinski definition) is 17. The second-order valence-corrected chi connectivity index (χ2v) is 28.7. The summed E-state index contributed by atoms with van der Waals surface area (Å²) in [4.78, 5) is 143. The average Bonchev–Trinajstić information content (AvgIpc) is 1.64. The van der Waals surface area contributed by atoms with Gasteiger partial charge in [0.25, 0.3) is 29.5 Å². The number of alkyl halides is 1. The lowest BCUT2D eigenvalue weighted by Crippen LogP contribution is -2.52. The number of piperidine rings is 2. The first kappa shape index (κ1) is 83.3. The molecular weight excluding hydrogens is 1480 g/mol. The number of hydrogen-bond donors (Lipinski definition) is 9. The number of rotatable bonds is 29. The molecule has 10 N–H and O–H groups in total. The molecule has 30 heteroatoms. The normalized spacial score (nSPS) is 16.2. The molecule has 0 bridgehead atoms. The van der Waals surface area contributed by atoms with Crippen molar-refractivity contribution >= 4 is 92.3 Å². The topological polar surface area (TPSA) is 359 Å². The summed E-state index contributed by atoms with van der Waals surface area (Å²) in [5.74, 6) is -7.26. The Morgan fingerprint density at radius 3 is 1.32 bits per heavy atom. The van der Waals surface area contributed by atoms with Crippen LogP contribution in [0, 0.1) is 23.3 Å². The van der Waals surface area contributed by atoms with Gasteiger partial charge in [-0.3, -0.25) is 78.1 Å². The van der Waals surface area contributed by atoms with E-state index in [2.05, 4.69) is 52.2 Å². The van der Waals surface area contributed by atoms with Crippen molar-refractivity contribution in [2.24, 2.45) is 5.73 Å². The van der Waals surface area contributed by atoms with Gasteiger partial charge in [-0.25, -0.2) is 22.4 Å². The monoisotopic (exact) mass is 1570 g/mol. The maximum atomic E-state index is 15.3. The van der Waals surface area contributed by atoms with Crippen LogP contribution in [0.1, 0.15) is 222 Å². The van der Waals surface area contributed by atoms with Gasteiger partial charge in [-0.2, -0.15) is 0 Å². The lowest BCUT2D eigenvalue weighted by atomic mass is 9.99. The molecule has 2 unspecified atom stereocenters. The predicted octanol–water partition coefficient (Wildman–Crippen LogP) is 12.3. The third-order valence-electron chi connectivity index (χ3n) is 20.7. The van der Waals surface area contributed by atoms with Gasteiger partial charge in [0.15, 0.2) is 0 Å². The van der Waals surface area contributed by atoms with Gasteiger partial charge in [0, 0.05) is 103 Å². The van der Waals surface area contributed by atoms with Crippen molar-refractivity contribution in [3.05, 3.63) is 177 Å². The van der Waals surface area contributed by atoms with Crippen molar-refractivity contribution in [3.63, 3.8) is 0 Å². The summed E-state index contributed by atoms with van der Waals surface area (Å²) in [5, 5.41) is 29.2. The second kappa shape index (κ2) is 39.2. The molecule has 14 rings (SSSR count). The Kier molecular flexibility index (Phi) is 28.6. The molecule has 6 aliphatic rings. The zero-order valence-electron chi connectivity index (χ0n) is 63.8. The van der Waals surface area contributed by atoms with Gasteiger partial charge >= 0.3 is 5.97 Å². The van der Waals surface area contributed by atoms with Crippen LogP contribution in [0.25, 0.3) is 44.1 Å². The number of nitrogens with one attached hydrogen (secondary N) is 7. The summed E-state index contributed by atoms with van der Waals surface area (Å²) in [6, 6.07) is 19.3. The van der Waals surface area contributed by atoms with Crippen LogP contribution >= 0.6 is 0 Å². The number of aryl methyl sites for hydroxylation is 2. The molecule has 4 fully saturated rings. The average molecular weight is 1570 g/mol. The van der Waals surface area contributed by atoms with E-state index >= 15 is 8.78 Å². The Labute approximate surface area is 657 Å². The molecule has 2 aliphatic carbocycles. The van der Waals surface area contributed by atoms with Crippen molar-refractivity contribution in [1.82, 2.24) is 56.3 Å². The fourth-order valence-electron chi connectivity index (χ4n) is 14.3. The van der Waals surface area contributed by atoms with Gasteiger partial charge in [-0.05, 0) is 155 Å². The third-order valence-corrected chi connectivity index (χ3v) is 20.7. The fourth-order valence-corrected chi connectivity index (χ4v) is 14.3. The number of carboxylic acid groups (broad SMARTS) is 1. The standard InChI is InChI=1S/C41H43F2N7O5.C21H17F2N3O3.C20H28N4O3.CH3F.CH4/c1-44-37-29-19-28(32(43)20-33(29)46-21-30(37)39(53)48-25-10-11-25)23-9-13-26(31(42)18-23)38(52)45-17-7-5-3-2-4-6-8-24-12-14-27-34(47-24)22-50(41(27)55)35-15-16-36(51)49-40(35)54;1-24-19-14-7-13(10-2-5-12(21(28)29)16(22)6-10)17(23)8-18(14)25-9-15(19)20(27)26-11-3-4-11;21-12-6-4-2-1-3-5-7-14-8-9-15-16(22-14)13-24(20(15)27)17-10-11-18(25)23-19(17)26;1-2;/h9,12-14,18-21,25,35H,2-8,10-11,15-17,22H2,1H3,(H,44,46)(H,45,52)(H,48,53)(H,49,51,54);2,5-9,11H,3-4H2,1H3,(H,24,25)(H,26,27)(H,28,29);8-9,17H,1-7,10-13,21H2,(H,23,25,26);1H3;1H4/i;;;1D;. The molecule has 2 saturated heterocycles. The van der Waals surface area contributed by atoms with Gasteiger partial charge in [0.1, 0.15) is 35.4 Å². The minimum Gasteiger partial charge on any atom is -0.478 e. The lowest BCUT2D eigenvalue weighted by Gasteiger charge is -2.29. The number of nitrogens with zero attached hydrogens (tertiary/aromatic N) is 6. The Hall–Kier alpha value is -11.7. The minimum absolute atomic E-state index is 0. The maximum absolute atomic E-state index is 15.3. The van der Waals surface area contributed by atoms with E-state index in [9.17, 15) is 61.1 Å². The van der Waals surface area contributed by atoms with Crippen LogP contribution in [0.4, 0.5) is 33.3 Å². The van der Waals surface area contributed by atoms with Crippen LogP contribution in [0.3, 0.4) is 0 Å². The number of nitrogens with two attached hydrogens (primary N) is 1. The zero-order valence-corrected chi connectivity index (χ0v) is 62.8. The summed E-state index contributed by atoms with van der Waals surface area (Å²) < 4.78 is 74.8. The first-order valence-electron chi connectivity index (χ1n) is 38.9. The van der Waals surface area contributed by atoms with Crippen LogP contribution < -0.4 is 43.0 Å². The summed E-state index contributed by atoms with van der Waals surface area (Å²) in [5.41, 5.74) is 12.2. The smallest absolute Gasteiger partial charge is 0.338 e. The number of pyridine rings is 4. The van der Waals surface area contributed by atoms with Crippen LogP contribution in [0.15, 0.2) is 97.3 Å². The largest absolute Gasteiger partial charge is 0.478 e. The Bertz CT molecular complexity index is 5010. The molecule has 2 saturated carbocycles. The number of halogens is 5. The van der Waals surface area contributed by atoms with E-state index in [1.54, 1.807) is 31.1 Å². The first-order chi connectivity index (χ1) is 55.0. The number of fused-ring (bicyclic) bond motifs is 4. The highest BCUT2D eigenvalue weighted by molar-refractivity contribution is 6.10. The Balaban J connectivity index is 0.000000196. The summed E-state index contributed by atoms with van der Waals surface area (Å²) in [6.45, 7) is 1.76. The number of imide groups is 2. The molecule has 0 spiro atoms. The molecule has 4 aliphatic heterocycles. The lowest BCUT2D eigenvalue weighted by molar-refractivity contribution is -0.138. The molecule has 8 heterocycles. The van der Waals surface area contributed by atoms with Crippen LogP contribution in [-0.4, -0.2) is 152 Å². The molecule has 25 nitrogen and oxygen atoms in total. The zero-order chi connectivity index (χ0) is 81.3. The van der Waals surface area contributed by atoms with E-state index in [1.807, 2.05) is 18.2 Å². The van der Waals surface area contributed by atoms with E-state index < -0.39 is 65.9 Å². The van der Waals surface area contributed by atoms with Crippen molar-refractivity contribution < 1.29 is 76.4 Å². The molecule has 2 atom stereocenters. The summed E-state index contributed by atoms with van der Waals surface area (Å²) >= 11 is 0. The number of anilines is 2. The van der Waals surface area contributed by atoms with Gasteiger partial charge in [-0.15, -0.1) is 0 Å². The SMILES string of the molecule is C.CNc1c(C(=O)NC2CC2)cnc2cc(F)c(-c3ccc(C(=O)NCCCCCCCCc4ccc5c(n4)CN(C4CCC(=O)NC4=O)C5=O)c(F)c3)cc12.CNc1c(C(=O)NC2CC2)cnc2cc(F)c(-c3ccc(C(=O)O)c(F)c3)cc12.NCCCCCCCCc1ccc2c(n1)CN(C1CCC(=O)NC1=O)C2=O.[2H]CF. The number of amides is 9. The second-order valence-electron chi connectivity index (χ2n) is 28.7. The molecular formula is C84H95F5N14O11. The van der Waals surface area contributed by atoms with Gasteiger partial charge < -0.3 is 47.2 Å². The molecule has 602 valence electrons. The van der Waals surface area contributed by atoms with Crippen molar-refractivity contribution in [3.8, 4) is 22.3 Å². The van der Waals surface area contributed by atoms with Crippen molar-refractivity contribution in [2.45, 2.75) is 186 Å². The van der Waals surface area contributed by atoms with Crippen molar-refractivity contribution in [2.75, 3.05) is 45.0 Å². The molecule has 8 aromatic rings. The molecule has 4 aromatic carbocycles. The van der Waals surface area contributed by atoms with Gasteiger partial charge in [-0.1, -0.05) is 70.9 Å². The number of unbranched alkanes of at least 4 members (excludes halogenated alkanes) is 10. The molecule has 9 amide bonds. The summed E-state index contributed by atoms with van der Waals surface area (Å²) in [7, 11) is 2.32. The van der Waals surface area contributed by atoms with E-state index in [-0.39, 0.29) is 108 Å². The minimum atomic E-state index is -1.40. The molecule has 0 radical (unpaired) electrons. The van der Waals surface area contributed by atoms with Crippen LogP contribution in [0.5, 0.6) is 0 Å². The number of carbonyl (C=O) groups excluding carboxylic acids is 9. The van der Waals surface area contributed by atoms with Crippen LogP contribution in [0.2, 0.25) is 0 Å². The van der Waals surface area contributed by atoms with Gasteiger partial charge in [0.05, 0.1) is 88.8 Å². The number of carboxylic acids is 1. The molecule has 114 heavy (non-hydrogen) atoms. The molecule has 4 aromatic heterocycles. The van der Waals surface area contributed by atoms with Gasteiger partial charge in [0.2, 0.25) is 23.6 Å². The number of aromatic carboxylic acids is 1. The van der Waals surface area contributed by atoms with E-state index in [0.29, 0.717) is 87.1 Å². The Morgan fingerprint density at radius 1 is 0.518 bits per heavy atom. The number of benzene rings is 4. The predicted molar refractivity (Wildman–Crippen MR) is 420 cm³/mol. The summed E-state index contributed by atoms with van der Waals surface area (Å²) in [6.07, 6.45) is 21.9. The third kappa shape index (κ3) is 20.6. The maximum Gasteiger partial charge on any atom is 0.338 e. The van der Waals surface area contributed by atoms with E-state index in [4.69, 9.17) is 17.2 Å². The highest BCUT2D eigenvalue weighted by atomic mass is 19.1. The highest BCUT2D eigenvalue weighted by Gasteiger charge is 2.42. The first-order valence-corrected chi connectivity index (χ1v) is 38.2. The highest BCUT2D eigenvalue weighted by Crippen LogP contribution is 2.37. The van der Waals surface area contributed by atoms with E-state index in [1.165, 1.54) is 79.4 Å². The quantitative estimate of drug-likeness (QED) is 0.0119. The number of carbonyl (C=O) groups is 10. The Morgan fingerprint density at radius 2 is 0.930 bits per heavy atom. The van der Waals surface area contributed by atoms with Crippen molar-refractivity contribution in [1.29, 1.82) is 0 Å². The van der Waals surface area contributed by atoms with Crippen LogP contribution in [-0.2, 0) is 45.1 Å².